The van der Waals surface area contributed by atoms with Crippen molar-refractivity contribution >= 4 is 0 Å². The van der Waals surface area contributed by atoms with Crippen LogP contribution < -0.4 is 5.32 Å². The van der Waals surface area contributed by atoms with Gasteiger partial charge < -0.3 is 10.1 Å². The first-order valence-corrected chi connectivity index (χ1v) is 5.29. The van der Waals surface area contributed by atoms with E-state index >= 15 is 0 Å². The van der Waals surface area contributed by atoms with Gasteiger partial charge in [0, 0.05) is 13.0 Å². The van der Waals surface area contributed by atoms with Crippen LogP contribution in [0.3, 0.4) is 0 Å². The number of hydrogen-bond acceptors (Lipinski definition) is 2. The number of nitrogens with one attached hydrogen (secondary N) is 1. The van der Waals surface area contributed by atoms with Crippen LogP contribution >= 0.6 is 0 Å². The Morgan fingerprint density at radius 3 is 3.29 bits per heavy atom. The fourth-order valence-electron chi connectivity index (χ4n) is 2.57. The van der Waals surface area contributed by atoms with Crippen molar-refractivity contribution < 1.29 is 4.74 Å². The second kappa shape index (κ2) is 3.07. The van der Waals surface area contributed by atoms with Gasteiger partial charge in [-0.25, -0.2) is 0 Å². The van der Waals surface area contributed by atoms with Crippen molar-refractivity contribution in [3.05, 3.63) is 34.9 Å². The van der Waals surface area contributed by atoms with Crippen LogP contribution in [0.15, 0.2) is 18.2 Å². The van der Waals surface area contributed by atoms with Crippen molar-refractivity contribution in [2.45, 2.75) is 25.5 Å². The van der Waals surface area contributed by atoms with Crippen LogP contribution in [0.1, 0.15) is 22.7 Å². The molecule has 0 aromatic heterocycles. The van der Waals surface area contributed by atoms with E-state index in [2.05, 4.69) is 30.4 Å². The third kappa shape index (κ3) is 1.18. The molecule has 74 valence electrons. The van der Waals surface area contributed by atoms with Crippen LogP contribution in [0.5, 0.6) is 0 Å². The van der Waals surface area contributed by atoms with Gasteiger partial charge in [0.05, 0.1) is 18.8 Å². The fraction of sp³-hybridized carbons (Fsp3) is 0.500. The number of hydrogen-bond donors (Lipinski definition) is 1. The van der Waals surface area contributed by atoms with Gasteiger partial charge in [-0.05, 0) is 18.1 Å². The number of benzene rings is 1. The van der Waals surface area contributed by atoms with Gasteiger partial charge in [-0.15, -0.1) is 0 Å². The van der Waals surface area contributed by atoms with E-state index in [-0.39, 0.29) is 0 Å². The Kier molecular flexibility index (Phi) is 1.85. The highest BCUT2D eigenvalue weighted by Crippen LogP contribution is 2.35. The highest BCUT2D eigenvalue weighted by Gasteiger charge is 2.34. The zero-order valence-electron chi connectivity index (χ0n) is 8.42. The van der Waals surface area contributed by atoms with Crippen molar-refractivity contribution in [3.8, 4) is 0 Å². The molecule has 1 aliphatic heterocycles. The second-order valence-electron chi connectivity index (χ2n) is 4.25. The number of fused-ring (bicyclic) bond motifs is 3. The summed E-state index contributed by atoms with van der Waals surface area (Å²) in [6.45, 7) is 3.99. The monoisotopic (exact) mass is 189 g/mol. The first-order chi connectivity index (χ1) is 6.84. The van der Waals surface area contributed by atoms with Gasteiger partial charge in [0.25, 0.3) is 0 Å². The van der Waals surface area contributed by atoms with E-state index < -0.39 is 0 Å². The summed E-state index contributed by atoms with van der Waals surface area (Å²) >= 11 is 0. The topological polar surface area (TPSA) is 21.3 Å². The lowest BCUT2D eigenvalue weighted by molar-refractivity contribution is 0.00503. The summed E-state index contributed by atoms with van der Waals surface area (Å²) in [7, 11) is 0. The number of rotatable bonds is 0. The lowest BCUT2D eigenvalue weighted by atomic mass is 10.1. The van der Waals surface area contributed by atoms with Gasteiger partial charge in [-0.2, -0.15) is 0 Å². The van der Waals surface area contributed by atoms with E-state index in [0.717, 1.165) is 19.6 Å². The molecule has 2 atom stereocenters. The molecule has 1 aromatic carbocycles. The van der Waals surface area contributed by atoms with Crippen LogP contribution in [0.25, 0.3) is 0 Å². The average Bonchev–Trinajstić information content (AvgIpc) is 2.54. The van der Waals surface area contributed by atoms with Crippen LogP contribution in [0.2, 0.25) is 0 Å². The molecule has 2 heteroatoms. The summed E-state index contributed by atoms with van der Waals surface area (Å²) in [5.74, 6) is 0. The molecule has 2 aliphatic rings. The molecular weight excluding hydrogens is 174 g/mol. The normalized spacial score (nSPS) is 29.8. The Balaban J connectivity index is 2.01. The lowest BCUT2D eigenvalue weighted by Crippen LogP contribution is -2.39. The molecule has 0 amide bonds. The Bertz CT molecular complexity index is 361. The van der Waals surface area contributed by atoms with E-state index in [1.165, 1.54) is 16.7 Å². The summed E-state index contributed by atoms with van der Waals surface area (Å²) in [6.07, 6.45) is 1.45. The Labute approximate surface area is 84.3 Å². The quantitative estimate of drug-likeness (QED) is 0.669. The van der Waals surface area contributed by atoms with Crippen molar-refractivity contribution in [1.29, 1.82) is 0 Å². The van der Waals surface area contributed by atoms with E-state index in [9.17, 15) is 0 Å². The second-order valence-corrected chi connectivity index (χ2v) is 4.25. The van der Waals surface area contributed by atoms with E-state index in [0.29, 0.717) is 12.1 Å². The van der Waals surface area contributed by atoms with Crippen LogP contribution in [0.4, 0.5) is 0 Å². The Morgan fingerprint density at radius 1 is 1.43 bits per heavy atom. The highest BCUT2D eigenvalue weighted by atomic mass is 16.5. The molecule has 0 radical (unpaired) electrons. The summed E-state index contributed by atoms with van der Waals surface area (Å²) < 4.78 is 5.76. The zero-order chi connectivity index (χ0) is 9.54. The molecule has 0 bridgehead atoms. The molecular formula is C12H15NO. The average molecular weight is 189 g/mol. The largest absolute Gasteiger partial charge is 0.375 e. The molecule has 0 saturated carbocycles. The van der Waals surface area contributed by atoms with Gasteiger partial charge in [0.2, 0.25) is 0 Å². The molecule has 1 fully saturated rings. The number of ether oxygens (including phenoxy) is 1. The summed E-state index contributed by atoms with van der Waals surface area (Å²) in [5, 5.41) is 3.53. The molecule has 0 spiro atoms. The maximum Gasteiger partial charge on any atom is 0.0810 e. The van der Waals surface area contributed by atoms with Gasteiger partial charge in [-0.1, -0.05) is 23.8 Å². The Morgan fingerprint density at radius 2 is 2.36 bits per heavy atom. The van der Waals surface area contributed by atoms with Crippen molar-refractivity contribution in [1.82, 2.24) is 5.32 Å². The lowest BCUT2D eigenvalue weighted by Gasteiger charge is -2.27. The van der Waals surface area contributed by atoms with Crippen molar-refractivity contribution in [2.75, 3.05) is 13.2 Å². The smallest absolute Gasteiger partial charge is 0.0810 e. The Hall–Kier alpha value is -0.860. The first-order valence-electron chi connectivity index (χ1n) is 5.29. The first kappa shape index (κ1) is 8.45. The van der Waals surface area contributed by atoms with Crippen LogP contribution in [-0.4, -0.2) is 19.3 Å². The predicted octanol–water partition coefficient (Wildman–Crippen LogP) is 1.58. The highest BCUT2D eigenvalue weighted by molar-refractivity contribution is 5.39. The molecule has 14 heavy (non-hydrogen) atoms. The van der Waals surface area contributed by atoms with Gasteiger partial charge in [0.1, 0.15) is 0 Å². The van der Waals surface area contributed by atoms with Gasteiger partial charge in [-0.3, -0.25) is 0 Å². The third-order valence-corrected chi connectivity index (χ3v) is 3.22. The molecule has 1 heterocycles. The maximum atomic E-state index is 5.76. The van der Waals surface area contributed by atoms with E-state index in [1.807, 2.05) is 0 Å². The number of morpholine rings is 1. The predicted molar refractivity (Wildman–Crippen MR) is 55.4 cm³/mol. The molecule has 1 saturated heterocycles. The van der Waals surface area contributed by atoms with E-state index in [1.54, 1.807) is 0 Å². The minimum Gasteiger partial charge on any atom is -0.375 e. The van der Waals surface area contributed by atoms with Gasteiger partial charge >= 0.3 is 0 Å². The van der Waals surface area contributed by atoms with Crippen molar-refractivity contribution in [2.24, 2.45) is 0 Å². The zero-order valence-corrected chi connectivity index (χ0v) is 8.42. The number of aryl methyl sites for hydroxylation is 1. The van der Waals surface area contributed by atoms with Crippen molar-refractivity contribution in [3.63, 3.8) is 0 Å². The summed E-state index contributed by atoms with van der Waals surface area (Å²) in [4.78, 5) is 0. The van der Waals surface area contributed by atoms with Crippen LogP contribution in [0, 0.1) is 6.92 Å². The van der Waals surface area contributed by atoms with Crippen LogP contribution in [-0.2, 0) is 11.2 Å². The third-order valence-electron chi connectivity index (χ3n) is 3.22. The SMILES string of the molecule is Cc1ccc2c(c1)CC1OCCNC21. The fourth-order valence-corrected chi connectivity index (χ4v) is 2.57. The molecule has 1 aromatic rings. The minimum atomic E-state index is 0.376. The summed E-state index contributed by atoms with van der Waals surface area (Å²) in [6, 6.07) is 7.17. The minimum absolute atomic E-state index is 0.376. The molecule has 2 nitrogen and oxygen atoms in total. The molecule has 2 unspecified atom stereocenters. The van der Waals surface area contributed by atoms with Gasteiger partial charge in [0.15, 0.2) is 0 Å². The van der Waals surface area contributed by atoms with E-state index in [4.69, 9.17) is 4.74 Å². The molecule has 1 N–H and O–H groups in total. The molecule has 1 aliphatic carbocycles. The maximum absolute atomic E-state index is 5.76. The standard InChI is InChI=1S/C12H15NO/c1-8-2-3-10-9(6-8)7-11-12(10)13-4-5-14-11/h2-3,6,11-13H,4-5,7H2,1H3. The summed E-state index contributed by atoms with van der Waals surface area (Å²) in [5.41, 5.74) is 4.26. The molecule has 3 rings (SSSR count).